The molecule has 86 valence electrons. The van der Waals surface area contributed by atoms with Gasteiger partial charge in [0.05, 0.1) is 6.54 Å². The van der Waals surface area contributed by atoms with Crippen molar-refractivity contribution in [2.75, 3.05) is 0 Å². The SMILES string of the molecule is CC.Cc1cn(CC(O)O)c(=O)[nH]c1=O. The van der Waals surface area contributed by atoms with Gasteiger partial charge in [-0.2, -0.15) is 0 Å². The first-order valence-electron chi connectivity index (χ1n) is 4.67. The van der Waals surface area contributed by atoms with Gasteiger partial charge in [0.15, 0.2) is 6.29 Å². The highest BCUT2D eigenvalue weighted by atomic mass is 16.5. The Morgan fingerprint density at radius 3 is 2.40 bits per heavy atom. The van der Waals surface area contributed by atoms with Crippen LogP contribution in [0.4, 0.5) is 0 Å². The molecule has 0 bridgehead atoms. The van der Waals surface area contributed by atoms with Crippen molar-refractivity contribution in [3.63, 3.8) is 0 Å². The third-order valence-electron chi connectivity index (χ3n) is 1.55. The maximum Gasteiger partial charge on any atom is 0.328 e. The zero-order valence-corrected chi connectivity index (χ0v) is 9.02. The van der Waals surface area contributed by atoms with Crippen LogP contribution in [0.15, 0.2) is 15.8 Å². The molecule has 0 unspecified atom stereocenters. The van der Waals surface area contributed by atoms with E-state index in [1.807, 2.05) is 18.8 Å². The largest absolute Gasteiger partial charge is 0.367 e. The average Bonchev–Trinajstić information content (AvgIpc) is 2.17. The van der Waals surface area contributed by atoms with Gasteiger partial charge in [0.1, 0.15) is 0 Å². The van der Waals surface area contributed by atoms with Crippen molar-refractivity contribution in [1.29, 1.82) is 0 Å². The van der Waals surface area contributed by atoms with E-state index in [9.17, 15) is 9.59 Å². The molecule has 1 aromatic rings. The van der Waals surface area contributed by atoms with Gasteiger partial charge in [0.25, 0.3) is 5.56 Å². The summed E-state index contributed by atoms with van der Waals surface area (Å²) < 4.78 is 1.03. The summed E-state index contributed by atoms with van der Waals surface area (Å²) in [5.74, 6) is 0. The van der Waals surface area contributed by atoms with E-state index in [2.05, 4.69) is 0 Å². The topological polar surface area (TPSA) is 95.3 Å². The standard InChI is InChI=1S/C7H10N2O4.C2H6/c1-4-2-9(3-5(10)11)7(13)8-6(4)12;1-2/h2,5,10-11H,3H2,1H3,(H,8,12,13);1-2H3. The first kappa shape index (κ1) is 13.6. The highest BCUT2D eigenvalue weighted by Gasteiger charge is 2.03. The van der Waals surface area contributed by atoms with Crippen LogP contribution in [-0.4, -0.2) is 26.1 Å². The Hall–Kier alpha value is -1.40. The summed E-state index contributed by atoms with van der Waals surface area (Å²) in [6.07, 6.45) is -0.330. The fourth-order valence-electron chi connectivity index (χ4n) is 0.930. The molecular formula is C9H16N2O4. The van der Waals surface area contributed by atoms with Gasteiger partial charge in [-0.15, -0.1) is 0 Å². The first-order valence-corrected chi connectivity index (χ1v) is 4.67. The van der Waals surface area contributed by atoms with Gasteiger partial charge in [-0.05, 0) is 6.92 Å². The fourth-order valence-corrected chi connectivity index (χ4v) is 0.930. The highest BCUT2D eigenvalue weighted by Crippen LogP contribution is 1.86. The Labute approximate surface area is 86.8 Å². The normalized spacial score (nSPS) is 9.73. The number of nitrogens with zero attached hydrogens (tertiary/aromatic N) is 1. The number of aliphatic hydroxyl groups is 2. The lowest BCUT2D eigenvalue weighted by atomic mass is 10.4. The van der Waals surface area contributed by atoms with Crippen LogP contribution in [-0.2, 0) is 6.54 Å². The monoisotopic (exact) mass is 216 g/mol. The molecule has 3 N–H and O–H groups in total. The van der Waals surface area contributed by atoms with Crippen LogP contribution < -0.4 is 11.2 Å². The van der Waals surface area contributed by atoms with E-state index >= 15 is 0 Å². The minimum atomic E-state index is -1.61. The van der Waals surface area contributed by atoms with Crippen LogP contribution in [0.3, 0.4) is 0 Å². The molecule has 0 aromatic carbocycles. The van der Waals surface area contributed by atoms with Gasteiger partial charge in [0, 0.05) is 11.8 Å². The number of H-pyrrole nitrogens is 1. The van der Waals surface area contributed by atoms with Gasteiger partial charge >= 0.3 is 5.69 Å². The molecule has 0 aliphatic rings. The summed E-state index contributed by atoms with van der Waals surface area (Å²) in [6.45, 7) is 5.27. The number of hydrogen-bond acceptors (Lipinski definition) is 4. The lowest BCUT2D eigenvalue weighted by Crippen LogP contribution is -2.33. The third kappa shape index (κ3) is 4.09. The number of hydrogen-bond donors (Lipinski definition) is 3. The fraction of sp³-hybridized carbons (Fsp3) is 0.556. The Bertz CT molecular complexity index is 405. The average molecular weight is 216 g/mol. The number of aryl methyl sites for hydroxylation is 1. The number of aliphatic hydroxyl groups excluding tert-OH is 1. The van der Waals surface area contributed by atoms with E-state index in [-0.39, 0.29) is 6.54 Å². The summed E-state index contributed by atoms with van der Waals surface area (Å²) in [6, 6.07) is 0. The van der Waals surface area contributed by atoms with Crippen molar-refractivity contribution in [2.24, 2.45) is 0 Å². The van der Waals surface area contributed by atoms with Crippen molar-refractivity contribution >= 4 is 0 Å². The molecule has 1 aromatic heterocycles. The Morgan fingerprint density at radius 2 is 1.93 bits per heavy atom. The minimum absolute atomic E-state index is 0.254. The van der Waals surface area contributed by atoms with Crippen LogP contribution in [0.2, 0.25) is 0 Å². The molecule has 0 aliphatic carbocycles. The third-order valence-corrected chi connectivity index (χ3v) is 1.55. The van der Waals surface area contributed by atoms with Crippen molar-refractivity contribution in [2.45, 2.75) is 33.6 Å². The highest BCUT2D eigenvalue weighted by molar-refractivity contribution is 5.00. The quantitative estimate of drug-likeness (QED) is 0.563. The zero-order chi connectivity index (χ0) is 12.0. The van der Waals surface area contributed by atoms with E-state index in [0.717, 1.165) is 4.57 Å². The molecule has 0 fully saturated rings. The van der Waals surface area contributed by atoms with Crippen LogP contribution in [0.1, 0.15) is 19.4 Å². The van der Waals surface area contributed by atoms with Crippen molar-refractivity contribution in [3.05, 3.63) is 32.6 Å². The smallest absolute Gasteiger partial charge is 0.328 e. The summed E-state index contributed by atoms with van der Waals surface area (Å²) in [7, 11) is 0. The van der Waals surface area contributed by atoms with E-state index < -0.39 is 17.5 Å². The molecule has 0 saturated heterocycles. The summed E-state index contributed by atoms with van der Waals surface area (Å²) >= 11 is 0. The Morgan fingerprint density at radius 1 is 1.40 bits per heavy atom. The van der Waals surface area contributed by atoms with E-state index in [1.54, 1.807) is 0 Å². The van der Waals surface area contributed by atoms with Gasteiger partial charge in [-0.25, -0.2) is 4.79 Å². The number of aromatic nitrogens is 2. The summed E-state index contributed by atoms with van der Waals surface area (Å²) in [5, 5.41) is 17.2. The molecule has 6 nitrogen and oxygen atoms in total. The summed E-state index contributed by atoms with van der Waals surface area (Å²) in [5.41, 5.74) is -0.766. The molecule has 1 heterocycles. The van der Waals surface area contributed by atoms with E-state index in [1.165, 1.54) is 13.1 Å². The maximum atomic E-state index is 11.0. The zero-order valence-electron chi connectivity index (χ0n) is 9.02. The predicted molar refractivity (Wildman–Crippen MR) is 55.6 cm³/mol. The van der Waals surface area contributed by atoms with Crippen LogP contribution in [0.25, 0.3) is 0 Å². The minimum Gasteiger partial charge on any atom is -0.367 e. The van der Waals surface area contributed by atoms with Crippen LogP contribution in [0, 0.1) is 6.92 Å². The van der Waals surface area contributed by atoms with Crippen molar-refractivity contribution in [1.82, 2.24) is 9.55 Å². The molecule has 0 atom stereocenters. The van der Waals surface area contributed by atoms with Gasteiger partial charge < -0.3 is 10.2 Å². The number of nitrogens with one attached hydrogen (secondary N) is 1. The van der Waals surface area contributed by atoms with Gasteiger partial charge in [0.2, 0.25) is 0 Å². The molecular weight excluding hydrogens is 200 g/mol. The van der Waals surface area contributed by atoms with Crippen LogP contribution in [0.5, 0.6) is 0 Å². The van der Waals surface area contributed by atoms with Gasteiger partial charge in [-0.1, -0.05) is 13.8 Å². The van der Waals surface area contributed by atoms with E-state index in [0.29, 0.717) is 5.56 Å². The molecule has 15 heavy (non-hydrogen) atoms. The second-order valence-corrected chi connectivity index (χ2v) is 2.70. The predicted octanol–water partition coefficient (Wildman–Crippen LogP) is -0.818. The molecule has 0 amide bonds. The molecule has 0 saturated carbocycles. The summed E-state index contributed by atoms with van der Waals surface area (Å²) in [4.78, 5) is 23.9. The Balaban J connectivity index is 0.000000921. The maximum absolute atomic E-state index is 11.0. The molecule has 0 aliphatic heterocycles. The first-order chi connectivity index (χ1) is 7.00. The van der Waals surface area contributed by atoms with Crippen LogP contribution >= 0.6 is 0 Å². The number of aromatic amines is 1. The molecule has 0 radical (unpaired) electrons. The lowest BCUT2D eigenvalue weighted by Gasteiger charge is -2.06. The Kier molecular flexibility index (Phi) is 5.58. The lowest BCUT2D eigenvalue weighted by molar-refractivity contribution is -0.0521. The van der Waals surface area contributed by atoms with E-state index in [4.69, 9.17) is 10.2 Å². The molecule has 6 heteroatoms. The molecule has 1 rings (SSSR count). The van der Waals surface area contributed by atoms with Crippen molar-refractivity contribution < 1.29 is 10.2 Å². The van der Waals surface area contributed by atoms with Gasteiger partial charge in [-0.3, -0.25) is 14.3 Å². The second kappa shape index (κ2) is 6.15. The number of rotatable bonds is 2. The molecule has 0 spiro atoms. The second-order valence-electron chi connectivity index (χ2n) is 2.70. The van der Waals surface area contributed by atoms with Crippen molar-refractivity contribution in [3.8, 4) is 0 Å².